The van der Waals surface area contributed by atoms with Gasteiger partial charge in [-0.05, 0) is 24.6 Å². The molecule has 0 bridgehead atoms. The van der Waals surface area contributed by atoms with Crippen LogP contribution in [0.3, 0.4) is 0 Å². The Morgan fingerprint density at radius 3 is 2.19 bits per heavy atom. The van der Waals surface area contributed by atoms with Crippen molar-refractivity contribution >= 4 is 23.4 Å². The summed E-state index contributed by atoms with van der Waals surface area (Å²) in [6.45, 7) is 6.18. The summed E-state index contributed by atoms with van der Waals surface area (Å²) in [5.41, 5.74) is 2.85. The normalized spacial score (nSPS) is 15.2. The summed E-state index contributed by atoms with van der Waals surface area (Å²) in [6, 6.07) is 16.9. The summed E-state index contributed by atoms with van der Waals surface area (Å²) < 4.78 is 0. The molecule has 1 fully saturated rings. The molecule has 1 unspecified atom stereocenters. The zero-order valence-electron chi connectivity index (χ0n) is 18.1. The van der Waals surface area contributed by atoms with Gasteiger partial charge < -0.3 is 15.5 Å². The third-order valence-corrected chi connectivity index (χ3v) is 5.39. The van der Waals surface area contributed by atoms with Gasteiger partial charge in [0.15, 0.2) is 0 Å². The number of anilines is 1. The highest BCUT2D eigenvalue weighted by Gasteiger charge is 2.25. The minimum Gasteiger partial charge on any atom is -0.349 e. The van der Waals surface area contributed by atoms with Crippen LogP contribution in [0.25, 0.3) is 0 Å². The molecule has 164 valence electrons. The van der Waals surface area contributed by atoms with E-state index < -0.39 is 0 Å². The zero-order chi connectivity index (χ0) is 22.2. The van der Waals surface area contributed by atoms with Gasteiger partial charge in [0, 0.05) is 38.8 Å². The number of nitrogens with zero attached hydrogens (tertiary/aromatic N) is 2. The molecule has 2 N–H and O–H groups in total. The molecule has 3 amide bonds. The molecule has 0 spiro atoms. The average Bonchev–Trinajstić information content (AvgIpc) is 2.75. The lowest BCUT2D eigenvalue weighted by molar-refractivity contribution is -0.133. The quantitative estimate of drug-likeness (QED) is 0.718. The van der Waals surface area contributed by atoms with Crippen LogP contribution in [-0.4, -0.2) is 60.2 Å². The van der Waals surface area contributed by atoms with Crippen LogP contribution in [0, 0.1) is 6.92 Å². The van der Waals surface area contributed by atoms with Gasteiger partial charge in [-0.25, -0.2) is 0 Å². The van der Waals surface area contributed by atoms with Gasteiger partial charge in [-0.15, -0.1) is 0 Å². The maximum atomic E-state index is 12.8. The minimum atomic E-state index is -0.343. The predicted octanol–water partition coefficient (Wildman–Crippen LogP) is 2.35. The second kappa shape index (κ2) is 10.7. The highest BCUT2D eigenvalue weighted by atomic mass is 16.2. The highest BCUT2D eigenvalue weighted by Crippen LogP contribution is 2.18. The first-order valence-electron chi connectivity index (χ1n) is 10.6. The Bertz CT molecular complexity index is 891. The van der Waals surface area contributed by atoms with Crippen molar-refractivity contribution in [1.29, 1.82) is 0 Å². The molecule has 1 heterocycles. The molecule has 31 heavy (non-hydrogen) atoms. The number of hydrogen-bond donors (Lipinski definition) is 2. The zero-order valence-corrected chi connectivity index (χ0v) is 18.1. The number of aryl methyl sites for hydroxylation is 1. The molecule has 1 aliphatic heterocycles. The second-order valence-electron chi connectivity index (χ2n) is 7.94. The van der Waals surface area contributed by atoms with Crippen LogP contribution in [0.4, 0.5) is 5.69 Å². The summed E-state index contributed by atoms with van der Waals surface area (Å²) in [5, 5.41) is 5.79. The Morgan fingerprint density at radius 2 is 1.58 bits per heavy atom. The Morgan fingerprint density at radius 1 is 0.935 bits per heavy atom. The molecule has 2 aromatic carbocycles. The van der Waals surface area contributed by atoms with Crippen molar-refractivity contribution in [3.8, 4) is 0 Å². The second-order valence-corrected chi connectivity index (χ2v) is 7.94. The van der Waals surface area contributed by atoms with E-state index in [0.717, 1.165) is 16.8 Å². The SMILES string of the molecule is CC(=O)NC(CC(=O)N1CCN(CC(=O)Nc2ccc(C)cc2)CC1)c1ccccc1. The molecule has 2 aromatic rings. The smallest absolute Gasteiger partial charge is 0.238 e. The van der Waals surface area contributed by atoms with Crippen molar-refractivity contribution in [2.45, 2.75) is 26.3 Å². The first-order chi connectivity index (χ1) is 14.9. The standard InChI is InChI=1S/C24H30N4O3/c1-18-8-10-21(11-9-18)26-23(30)17-27-12-14-28(15-13-27)24(31)16-22(25-19(2)29)20-6-4-3-5-7-20/h3-11,22H,12-17H2,1-2H3,(H,25,29)(H,26,30). The Balaban J connectivity index is 1.47. The van der Waals surface area contributed by atoms with Crippen LogP contribution in [0.15, 0.2) is 54.6 Å². The Kier molecular flexibility index (Phi) is 7.78. The van der Waals surface area contributed by atoms with Gasteiger partial charge in [-0.1, -0.05) is 48.0 Å². The van der Waals surface area contributed by atoms with Crippen LogP contribution in [0.1, 0.15) is 30.5 Å². The van der Waals surface area contributed by atoms with Crippen LogP contribution < -0.4 is 10.6 Å². The van der Waals surface area contributed by atoms with Crippen molar-refractivity contribution in [1.82, 2.24) is 15.1 Å². The molecule has 0 saturated carbocycles. The van der Waals surface area contributed by atoms with Gasteiger partial charge >= 0.3 is 0 Å². The maximum absolute atomic E-state index is 12.8. The molecule has 1 atom stereocenters. The topological polar surface area (TPSA) is 81.8 Å². The van der Waals surface area contributed by atoms with Crippen LogP contribution >= 0.6 is 0 Å². The Hall–Kier alpha value is -3.19. The Labute approximate surface area is 183 Å². The number of amides is 3. The van der Waals surface area contributed by atoms with E-state index in [9.17, 15) is 14.4 Å². The van der Waals surface area contributed by atoms with E-state index in [4.69, 9.17) is 0 Å². The van der Waals surface area contributed by atoms with E-state index in [-0.39, 0.29) is 30.2 Å². The first kappa shape index (κ1) is 22.5. The molecular weight excluding hydrogens is 392 g/mol. The molecule has 1 saturated heterocycles. The molecule has 3 rings (SSSR count). The summed E-state index contributed by atoms with van der Waals surface area (Å²) in [4.78, 5) is 40.6. The van der Waals surface area contributed by atoms with E-state index in [0.29, 0.717) is 32.7 Å². The molecule has 0 aliphatic carbocycles. The van der Waals surface area contributed by atoms with Crippen LogP contribution in [0.5, 0.6) is 0 Å². The lowest BCUT2D eigenvalue weighted by atomic mass is 10.0. The van der Waals surface area contributed by atoms with Gasteiger partial charge in [0.2, 0.25) is 17.7 Å². The highest BCUT2D eigenvalue weighted by molar-refractivity contribution is 5.92. The van der Waals surface area contributed by atoms with E-state index in [2.05, 4.69) is 15.5 Å². The summed E-state index contributed by atoms with van der Waals surface area (Å²) in [5.74, 6) is -0.212. The lowest BCUT2D eigenvalue weighted by Gasteiger charge is -2.35. The van der Waals surface area contributed by atoms with Crippen molar-refractivity contribution in [2.24, 2.45) is 0 Å². The van der Waals surface area contributed by atoms with E-state index >= 15 is 0 Å². The summed E-state index contributed by atoms with van der Waals surface area (Å²) in [6.07, 6.45) is 0.220. The lowest BCUT2D eigenvalue weighted by Crippen LogP contribution is -2.51. The third kappa shape index (κ3) is 6.93. The molecule has 1 aliphatic rings. The number of rotatable bonds is 7. The van der Waals surface area contributed by atoms with Crippen LogP contribution in [0.2, 0.25) is 0 Å². The fourth-order valence-corrected chi connectivity index (χ4v) is 3.68. The van der Waals surface area contributed by atoms with E-state index in [1.807, 2.05) is 66.4 Å². The van der Waals surface area contributed by atoms with Gasteiger partial charge in [0.1, 0.15) is 0 Å². The third-order valence-electron chi connectivity index (χ3n) is 5.39. The largest absolute Gasteiger partial charge is 0.349 e. The van der Waals surface area contributed by atoms with Crippen molar-refractivity contribution in [2.75, 3.05) is 38.0 Å². The monoisotopic (exact) mass is 422 g/mol. The fraction of sp³-hybridized carbons (Fsp3) is 0.375. The molecular formula is C24H30N4O3. The summed E-state index contributed by atoms with van der Waals surface area (Å²) >= 11 is 0. The first-order valence-corrected chi connectivity index (χ1v) is 10.6. The molecule has 7 heteroatoms. The number of piperazine rings is 1. The number of benzene rings is 2. The average molecular weight is 423 g/mol. The molecule has 0 radical (unpaired) electrons. The van der Waals surface area contributed by atoms with Gasteiger partial charge in [0.05, 0.1) is 19.0 Å². The minimum absolute atomic E-state index is 0.00589. The molecule has 0 aromatic heterocycles. The van der Waals surface area contributed by atoms with Crippen LogP contribution in [-0.2, 0) is 14.4 Å². The van der Waals surface area contributed by atoms with Crippen molar-refractivity contribution < 1.29 is 14.4 Å². The van der Waals surface area contributed by atoms with Gasteiger partial charge in [0.25, 0.3) is 0 Å². The van der Waals surface area contributed by atoms with E-state index in [1.165, 1.54) is 6.92 Å². The van der Waals surface area contributed by atoms with Crippen molar-refractivity contribution in [3.05, 3.63) is 65.7 Å². The number of hydrogen-bond acceptors (Lipinski definition) is 4. The van der Waals surface area contributed by atoms with Gasteiger partial charge in [-0.2, -0.15) is 0 Å². The number of carbonyl (C=O) groups is 3. The number of nitrogens with one attached hydrogen (secondary N) is 2. The molecule has 7 nitrogen and oxygen atoms in total. The van der Waals surface area contributed by atoms with E-state index in [1.54, 1.807) is 0 Å². The number of carbonyl (C=O) groups excluding carboxylic acids is 3. The summed E-state index contributed by atoms with van der Waals surface area (Å²) in [7, 11) is 0. The fourth-order valence-electron chi connectivity index (χ4n) is 3.68. The van der Waals surface area contributed by atoms with Gasteiger partial charge in [-0.3, -0.25) is 19.3 Å². The maximum Gasteiger partial charge on any atom is 0.238 e. The predicted molar refractivity (Wildman–Crippen MR) is 120 cm³/mol. The van der Waals surface area contributed by atoms with Crippen molar-refractivity contribution in [3.63, 3.8) is 0 Å².